The van der Waals surface area contributed by atoms with Crippen molar-refractivity contribution in [3.63, 3.8) is 0 Å². The summed E-state index contributed by atoms with van der Waals surface area (Å²) in [5.74, 6) is 2.14. The molecule has 0 spiro atoms. The van der Waals surface area contributed by atoms with Crippen molar-refractivity contribution in [1.29, 1.82) is 0 Å². The normalized spacial score (nSPS) is 13.4. The van der Waals surface area contributed by atoms with Crippen LogP contribution in [0.15, 0.2) is 16.5 Å². The molecule has 1 aromatic carbocycles. The number of nitrogens with zero attached hydrogens (tertiary/aromatic N) is 4. The van der Waals surface area contributed by atoms with Gasteiger partial charge in [-0.15, -0.1) is 10.2 Å². The molecule has 1 aliphatic rings. The zero-order valence-corrected chi connectivity index (χ0v) is 15.1. The summed E-state index contributed by atoms with van der Waals surface area (Å²) in [6.45, 7) is 7.36. The van der Waals surface area contributed by atoms with Crippen LogP contribution in [-0.2, 0) is 19.5 Å². The summed E-state index contributed by atoms with van der Waals surface area (Å²) in [6, 6.07) is 4.09. The molecule has 1 aliphatic heterocycles. The molecule has 0 N–H and O–H groups in total. The quantitative estimate of drug-likeness (QED) is 0.736. The van der Waals surface area contributed by atoms with Gasteiger partial charge in [-0.1, -0.05) is 12.1 Å². The molecule has 4 rings (SSSR count). The first-order valence-electron chi connectivity index (χ1n) is 8.63. The monoisotopic (exact) mass is 338 g/mol. The van der Waals surface area contributed by atoms with Crippen LogP contribution in [0.25, 0.3) is 11.0 Å². The Labute approximate surface area is 146 Å². The molecule has 0 atom stereocenters. The number of fused-ring (bicyclic) bond motifs is 2. The SMILES string of the molecule is Cc1ccc(C)c2c(C)c(C(=O)N(C)Cc3nnc4n3CCC4)oc12. The van der Waals surface area contributed by atoms with Crippen molar-refractivity contribution in [2.24, 2.45) is 0 Å². The summed E-state index contributed by atoms with van der Waals surface area (Å²) in [4.78, 5) is 14.6. The minimum atomic E-state index is -0.122. The van der Waals surface area contributed by atoms with Crippen LogP contribution in [0.5, 0.6) is 0 Å². The summed E-state index contributed by atoms with van der Waals surface area (Å²) in [6.07, 6.45) is 2.06. The average molecular weight is 338 g/mol. The van der Waals surface area contributed by atoms with E-state index in [4.69, 9.17) is 4.42 Å². The van der Waals surface area contributed by atoms with Gasteiger partial charge in [-0.25, -0.2) is 0 Å². The molecule has 0 saturated heterocycles. The van der Waals surface area contributed by atoms with E-state index in [-0.39, 0.29) is 5.91 Å². The largest absolute Gasteiger partial charge is 0.450 e. The van der Waals surface area contributed by atoms with E-state index in [1.165, 1.54) is 0 Å². The van der Waals surface area contributed by atoms with Crippen molar-refractivity contribution in [3.05, 3.63) is 46.2 Å². The van der Waals surface area contributed by atoms with Gasteiger partial charge in [-0.2, -0.15) is 0 Å². The molecule has 0 unspecified atom stereocenters. The number of hydrogen-bond donors (Lipinski definition) is 0. The highest BCUT2D eigenvalue weighted by molar-refractivity contribution is 6.00. The standard InChI is InChI=1S/C19H22N4O2/c1-11-7-8-12(2)17-16(11)13(3)18(25-17)19(24)22(4)10-15-21-20-14-6-5-9-23(14)15/h7-8H,5-6,9-10H2,1-4H3. The molecule has 25 heavy (non-hydrogen) atoms. The summed E-state index contributed by atoms with van der Waals surface area (Å²) in [5.41, 5.74) is 3.87. The number of hydrogen-bond acceptors (Lipinski definition) is 4. The second kappa shape index (κ2) is 5.72. The van der Waals surface area contributed by atoms with Crippen LogP contribution in [0.2, 0.25) is 0 Å². The summed E-state index contributed by atoms with van der Waals surface area (Å²) in [7, 11) is 1.78. The van der Waals surface area contributed by atoms with Gasteiger partial charge in [0, 0.05) is 31.0 Å². The summed E-state index contributed by atoms with van der Waals surface area (Å²) < 4.78 is 8.09. The molecular weight excluding hydrogens is 316 g/mol. The summed E-state index contributed by atoms with van der Waals surface area (Å²) in [5, 5.41) is 9.49. The molecule has 0 bridgehead atoms. The van der Waals surface area contributed by atoms with E-state index in [0.717, 1.165) is 58.7 Å². The Kier molecular flexibility index (Phi) is 3.63. The second-order valence-corrected chi connectivity index (χ2v) is 6.91. The maximum Gasteiger partial charge on any atom is 0.290 e. The minimum Gasteiger partial charge on any atom is -0.450 e. The molecule has 0 fully saturated rings. The number of carbonyl (C=O) groups is 1. The van der Waals surface area contributed by atoms with Crippen molar-refractivity contribution in [3.8, 4) is 0 Å². The molecular formula is C19H22N4O2. The van der Waals surface area contributed by atoms with Gasteiger partial charge in [0.15, 0.2) is 11.6 Å². The van der Waals surface area contributed by atoms with E-state index in [1.54, 1.807) is 11.9 Å². The zero-order chi connectivity index (χ0) is 17.7. The van der Waals surface area contributed by atoms with Crippen LogP contribution >= 0.6 is 0 Å². The van der Waals surface area contributed by atoms with Gasteiger partial charge in [-0.05, 0) is 38.3 Å². The fourth-order valence-corrected chi connectivity index (χ4v) is 3.66. The van der Waals surface area contributed by atoms with Crippen LogP contribution in [0.3, 0.4) is 0 Å². The Morgan fingerprint density at radius 1 is 1.24 bits per heavy atom. The first-order chi connectivity index (χ1) is 12.0. The highest BCUT2D eigenvalue weighted by atomic mass is 16.3. The lowest BCUT2D eigenvalue weighted by Crippen LogP contribution is -2.27. The third kappa shape index (κ3) is 2.44. The van der Waals surface area contributed by atoms with Gasteiger partial charge in [-0.3, -0.25) is 4.79 Å². The fraction of sp³-hybridized carbons (Fsp3) is 0.421. The second-order valence-electron chi connectivity index (χ2n) is 6.91. The molecule has 3 aromatic rings. The lowest BCUT2D eigenvalue weighted by Gasteiger charge is -2.15. The number of benzene rings is 1. The lowest BCUT2D eigenvalue weighted by molar-refractivity contribution is 0.0749. The van der Waals surface area contributed by atoms with Crippen LogP contribution in [0.4, 0.5) is 0 Å². The Hall–Kier alpha value is -2.63. The number of rotatable bonds is 3. The lowest BCUT2D eigenvalue weighted by atomic mass is 10.0. The Morgan fingerprint density at radius 2 is 2.00 bits per heavy atom. The van der Waals surface area contributed by atoms with Gasteiger partial charge < -0.3 is 13.9 Å². The van der Waals surface area contributed by atoms with Gasteiger partial charge >= 0.3 is 0 Å². The molecule has 2 aromatic heterocycles. The number of aromatic nitrogens is 3. The number of furan rings is 1. The molecule has 0 aliphatic carbocycles. The number of carbonyl (C=O) groups excluding carboxylic acids is 1. The molecule has 3 heterocycles. The van der Waals surface area contributed by atoms with E-state index >= 15 is 0 Å². The predicted molar refractivity (Wildman–Crippen MR) is 94.6 cm³/mol. The first kappa shape index (κ1) is 15.9. The molecule has 0 saturated carbocycles. The Morgan fingerprint density at radius 3 is 2.76 bits per heavy atom. The minimum absolute atomic E-state index is 0.122. The first-order valence-corrected chi connectivity index (χ1v) is 8.63. The van der Waals surface area contributed by atoms with Crippen LogP contribution in [0.1, 0.15) is 45.3 Å². The highest BCUT2D eigenvalue weighted by Gasteiger charge is 2.25. The van der Waals surface area contributed by atoms with E-state index in [2.05, 4.69) is 20.8 Å². The zero-order valence-electron chi connectivity index (χ0n) is 15.1. The fourth-order valence-electron chi connectivity index (χ4n) is 3.66. The summed E-state index contributed by atoms with van der Waals surface area (Å²) >= 11 is 0. The van der Waals surface area contributed by atoms with Crippen LogP contribution in [-0.4, -0.2) is 32.6 Å². The maximum absolute atomic E-state index is 13.0. The topological polar surface area (TPSA) is 64.2 Å². The Bertz CT molecular complexity index is 983. The van der Waals surface area contributed by atoms with Crippen molar-refractivity contribution in [2.45, 2.75) is 46.7 Å². The van der Waals surface area contributed by atoms with E-state index in [9.17, 15) is 4.79 Å². The third-order valence-electron chi connectivity index (χ3n) is 5.09. The molecule has 6 nitrogen and oxygen atoms in total. The van der Waals surface area contributed by atoms with E-state index in [0.29, 0.717) is 12.3 Å². The van der Waals surface area contributed by atoms with Gasteiger partial charge in [0.1, 0.15) is 11.4 Å². The Balaban J connectivity index is 1.66. The van der Waals surface area contributed by atoms with Crippen molar-refractivity contribution >= 4 is 16.9 Å². The van der Waals surface area contributed by atoms with Crippen LogP contribution < -0.4 is 0 Å². The van der Waals surface area contributed by atoms with Crippen LogP contribution in [0, 0.1) is 20.8 Å². The van der Waals surface area contributed by atoms with Crippen molar-refractivity contribution in [1.82, 2.24) is 19.7 Å². The predicted octanol–water partition coefficient (Wildman–Crippen LogP) is 3.17. The third-order valence-corrected chi connectivity index (χ3v) is 5.09. The smallest absolute Gasteiger partial charge is 0.290 e. The molecule has 6 heteroatoms. The maximum atomic E-state index is 13.0. The highest BCUT2D eigenvalue weighted by Crippen LogP contribution is 2.31. The molecule has 0 radical (unpaired) electrons. The van der Waals surface area contributed by atoms with Crippen molar-refractivity contribution < 1.29 is 9.21 Å². The number of amides is 1. The van der Waals surface area contributed by atoms with Gasteiger partial charge in [0.2, 0.25) is 0 Å². The molecule has 1 amide bonds. The van der Waals surface area contributed by atoms with E-state index < -0.39 is 0 Å². The molecule has 130 valence electrons. The van der Waals surface area contributed by atoms with E-state index in [1.807, 2.05) is 26.8 Å². The van der Waals surface area contributed by atoms with Crippen molar-refractivity contribution in [2.75, 3.05) is 7.05 Å². The number of aryl methyl sites for hydroxylation is 4. The van der Waals surface area contributed by atoms with Gasteiger partial charge in [0.05, 0.1) is 6.54 Å². The van der Waals surface area contributed by atoms with Gasteiger partial charge in [0.25, 0.3) is 5.91 Å². The average Bonchev–Trinajstić information content (AvgIpc) is 3.27.